The van der Waals surface area contributed by atoms with E-state index in [1.54, 1.807) is 51.2 Å². The Bertz CT molecular complexity index is 1450. The number of carbonyl (C=O) groups is 2. The van der Waals surface area contributed by atoms with Crippen molar-refractivity contribution in [2.24, 2.45) is 0 Å². The number of carbonyl (C=O) groups excluding carboxylic acids is 2. The zero-order valence-electron chi connectivity index (χ0n) is 34.4. The number of hydrogen-bond acceptors (Lipinski definition) is 8. The molecule has 0 aliphatic heterocycles. The number of unbranched alkanes of at least 4 members (excludes halogenated alkanes) is 9. The summed E-state index contributed by atoms with van der Waals surface area (Å²) in [5.74, 6) is 0. The van der Waals surface area contributed by atoms with Crippen LogP contribution in [-0.2, 0) is 19.6 Å². The molecule has 0 bridgehead atoms. The minimum Gasteiger partial charge on any atom is -0.365 e. The SMILES string of the molecule is C=CCN(CC=C)C(=O)NCCCCCCn1c(=O)n(CCCCCCNC(=O)N(CC=C)CC=C)c(=O)n(CCCCCCNC(O)N(CC=C)CC=C)c1=O. The van der Waals surface area contributed by atoms with Crippen molar-refractivity contribution < 1.29 is 14.7 Å². The second-order valence-electron chi connectivity index (χ2n) is 13.8. The third-order valence-electron chi connectivity index (χ3n) is 9.24. The topological polar surface area (TPSA) is 166 Å². The number of urea groups is 2. The Morgan fingerprint density at radius 2 is 0.789 bits per heavy atom. The lowest BCUT2D eigenvalue weighted by molar-refractivity contribution is -0.00784. The van der Waals surface area contributed by atoms with E-state index in [-0.39, 0.29) is 31.7 Å². The summed E-state index contributed by atoms with van der Waals surface area (Å²) in [5.41, 5.74) is -1.78. The number of nitrogens with one attached hydrogen (secondary N) is 3. The van der Waals surface area contributed by atoms with Gasteiger partial charge in [0.25, 0.3) is 0 Å². The highest BCUT2D eigenvalue weighted by atomic mass is 16.3. The number of aromatic nitrogens is 3. The monoisotopic (exact) mass is 798 g/mol. The number of rotatable bonds is 35. The standard InChI is InChI=1S/C42H71N9O6/c1-7-28-46(29-8-2)37(52)43-25-19-13-16-22-34-49-40(55)50(35-23-17-14-20-26-44-38(53)47(30-9-3)31-10-4)42(57)51(41(49)56)36-24-18-15-21-27-45-39(54)48(32-11-5)33-12-6/h7-12,37,43,52H,1-6,13-36H2,(H,44,53)(H,45,54). The van der Waals surface area contributed by atoms with Crippen LogP contribution in [-0.4, -0.2) is 111 Å². The lowest BCUT2D eigenvalue weighted by atomic mass is 10.2. The fourth-order valence-corrected chi connectivity index (χ4v) is 6.19. The number of aliphatic hydroxyl groups excluding tert-OH is 1. The molecular weight excluding hydrogens is 727 g/mol. The molecule has 15 heteroatoms. The van der Waals surface area contributed by atoms with Gasteiger partial charge in [-0.3, -0.25) is 10.2 Å². The Kier molecular flexibility index (Phi) is 27.7. The van der Waals surface area contributed by atoms with Gasteiger partial charge in [0, 0.05) is 72.0 Å². The van der Waals surface area contributed by atoms with Gasteiger partial charge in [-0.15, -0.1) is 39.5 Å². The zero-order chi connectivity index (χ0) is 42.3. The molecule has 1 aromatic rings. The maximum Gasteiger partial charge on any atom is 0.336 e. The van der Waals surface area contributed by atoms with E-state index in [0.717, 1.165) is 57.8 Å². The highest BCUT2D eigenvalue weighted by Gasteiger charge is 2.16. The Morgan fingerprint density at radius 3 is 1.11 bits per heavy atom. The van der Waals surface area contributed by atoms with Crippen molar-refractivity contribution in [3.05, 3.63) is 107 Å². The van der Waals surface area contributed by atoms with Gasteiger partial charge in [-0.25, -0.2) is 37.7 Å². The van der Waals surface area contributed by atoms with Gasteiger partial charge < -0.3 is 25.5 Å². The van der Waals surface area contributed by atoms with Crippen LogP contribution in [0, 0.1) is 0 Å². The zero-order valence-corrected chi connectivity index (χ0v) is 34.4. The third kappa shape index (κ3) is 19.8. The van der Waals surface area contributed by atoms with Crippen molar-refractivity contribution in [3.8, 4) is 0 Å². The first-order valence-corrected chi connectivity index (χ1v) is 20.4. The van der Waals surface area contributed by atoms with Gasteiger partial charge in [-0.05, 0) is 45.1 Å². The van der Waals surface area contributed by atoms with Gasteiger partial charge in [-0.2, -0.15) is 0 Å². The van der Waals surface area contributed by atoms with Gasteiger partial charge >= 0.3 is 29.1 Å². The Morgan fingerprint density at radius 1 is 0.491 bits per heavy atom. The van der Waals surface area contributed by atoms with Gasteiger partial charge in [0.05, 0.1) is 0 Å². The second kappa shape index (κ2) is 31.4. The molecule has 4 amide bonds. The molecule has 0 aromatic carbocycles. The Balaban J connectivity index is 2.84. The third-order valence-corrected chi connectivity index (χ3v) is 9.24. The van der Waals surface area contributed by atoms with Crippen LogP contribution in [0.3, 0.4) is 0 Å². The number of amides is 4. The van der Waals surface area contributed by atoms with Crippen molar-refractivity contribution in [2.75, 3.05) is 58.9 Å². The van der Waals surface area contributed by atoms with Crippen molar-refractivity contribution >= 4 is 12.1 Å². The molecule has 15 nitrogen and oxygen atoms in total. The van der Waals surface area contributed by atoms with E-state index in [0.29, 0.717) is 78.2 Å². The first-order chi connectivity index (χ1) is 27.6. The number of hydrogen-bond donors (Lipinski definition) is 4. The van der Waals surface area contributed by atoms with Crippen LogP contribution in [0.15, 0.2) is 90.3 Å². The number of aliphatic hydroxyl groups is 1. The molecule has 0 radical (unpaired) electrons. The van der Waals surface area contributed by atoms with E-state index < -0.39 is 23.4 Å². The van der Waals surface area contributed by atoms with E-state index in [9.17, 15) is 29.1 Å². The van der Waals surface area contributed by atoms with Crippen LogP contribution < -0.4 is 33.0 Å². The quantitative estimate of drug-likeness (QED) is 0.0452. The highest BCUT2D eigenvalue weighted by Crippen LogP contribution is 2.04. The predicted octanol–water partition coefficient (Wildman–Crippen LogP) is 4.16. The molecule has 1 rings (SSSR count). The van der Waals surface area contributed by atoms with E-state index in [4.69, 9.17) is 0 Å². The first kappa shape index (κ1) is 50.3. The van der Waals surface area contributed by atoms with Crippen LogP contribution in [0.25, 0.3) is 0 Å². The lowest BCUT2D eigenvalue weighted by Gasteiger charge is -2.26. The van der Waals surface area contributed by atoms with E-state index in [1.165, 1.54) is 13.7 Å². The average molecular weight is 798 g/mol. The summed E-state index contributed by atoms with van der Waals surface area (Å²) < 4.78 is 3.55. The van der Waals surface area contributed by atoms with E-state index >= 15 is 0 Å². The van der Waals surface area contributed by atoms with Crippen molar-refractivity contribution in [1.29, 1.82) is 0 Å². The van der Waals surface area contributed by atoms with Crippen LogP contribution >= 0.6 is 0 Å². The first-order valence-electron chi connectivity index (χ1n) is 20.4. The van der Waals surface area contributed by atoms with Gasteiger partial charge in [-0.1, -0.05) is 75.0 Å². The largest absolute Gasteiger partial charge is 0.365 e. The van der Waals surface area contributed by atoms with E-state index in [1.807, 2.05) is 0 Å². The molecule has 1 heterocycles. The lowest BCUT2D eigenvalue weighted by Crippen LogP contribution is -2.54. The minimum atomic E-state index is -0.817. The maximum atomic E-state index is 13.6. The molecule has 1 aromatic heterocycles. The normalized spacial score (nSPS) is 11.4. The van der Waals surface area contributed by atoms with Crippen LogP contribution in [0.4, 0.5) is 9.59 Å². The average Bonchev–Trinajstić information content (AvgIpc) is 3.19. The fourth-order valence-electron chi connectivity index (χ4n) is 6.19. The molecule has 1 unspecified atom stereocenters. The minimum absolute atomic E-state index is 0.184. The Hall–Kier alpha value is -4.73. The predicted molar refractivity (Wildman–Crippen MR) is 231 cm³/mol. The van der Waals surface area contributed by atoms with Crippen molar-refractivity contribution in [1.82, 2.24) is 44.4 Å². The molecule has 57 heavy (non-hydrogen) atoms. The summed E-state index contributed by atoms with van der Waals surface area (Å²) >= 11 is 0. The molecule has 0 saturated heterocycles. The van der Waals surface area contributed by atoms with Crippen LogP contribution in [0.1, 0.15) is 77.0 Å². The molecule has 4 N–H and O–H groups in total. The molecule has 0 saturated carbocycles. The van der Waals surface area contributed by atoms with Gasteiger partial charge in [0.15, 0.2) is 6.35 Å². The molecule has 1 atom stereocenters. The van der Waals surface area contributed by atoms with E-state index in [2.05, 4.69) is 55.4 Å². The summed E-state index contributed by atoms with van der Waals surface area (Å²) in [4.78, 5) is 70.5. The maximum absolute atomic E-state index is 13.6. The summed E-state index contributed by atoms with van der Waals surface area (Å²) in [6.07, 6.45) is 17.9. The molecule has 0 fully saturated rings. The number of nitrogens with zero attached hydrogens (tertiary/aromatic N) is 6. The second-order valence-corrected chi connectivity index (χ2v) is 13.8. The smallest absolute Gasteiger partial charge is 0.336 e. The summed E-state index contributed by atoms with van der Waals surface area (Å²) in [6, 6.07) is -0.368. The fraction of sp³-hybridized carbons (Fsp3) is 0.595. The van der Waals surface area contributed by atoms with Gasteiger partial charge in [0.1, 0.15) is 0 Å². The highest BCUT2D eigenvalue weighted by molar-refractivity contribution is 5.74. The Labute approximate surface area is 339 Å². The van der Waals surface area contributed by atoms with Crippen LogP contribution in [0.5, 0.6) is 0 Å². The van der Waals surface area contributed by atoms with Crippen molar-refractivity contribution in [3.63, 3.8) is 0 Å². The summed E-state index contributed by atoms with van der Waals surface area (Å²) in [6.45, 7) is 27.1. The summed E-state index contributed by atoms with van der Waals surface area (Å²) in [5, 5.41) is 19.3. The van der Waals surface area contributed by atoms with Crippen molar-refractivity contribution in [2.45, 2.75) is 103 Å². The molecular formula is C42H71N9O6. The summed E-state index contributed by atoms with van der Waals surface area (Å²) in [7, 11) is 0. The molecule has 0 aliphatic carbocycles. The van der Waals surface area contributed by atoms with Gasteiger partial charge in [0.2, 0.25) is 0 Å². The van der Waals surface area contributed by atoms with Crippen LogP contribution in [0.2, 0.25) is 0 Å². The molecule has 0 aliphatic rings. The molecule has 0 spiro atoms. The molecule has 320 valence electrons.